The first kappa shape index (κ1) is 21.6. The number of carbonyl (C=O) groups excluding carboxylic acids is 1. The summed E-state index contributed by atoms with van der Waals surface area (Å²) in [5, 5.41) is 3.58. The van der Waals surface area contributed by atoms with Crippen LogP contribution in [0.4, 0.5) is 13.2 Å². The molecule has 0 bridgehead atoms. The quantitative estimate of drug-likeness (QED) is 0.759. The fourth-order valence-electron chi connectivity index (χ4n) is 4.33. The fraction of sp³-hybridized carbons (Fsp3) is 0.545. The summed E-state index contributed by atoms with van der Waals surface area (Å²) in [6.07, 6.45) is 2.36. The summed E-state index contributed by atoms with van der Waals surface area (Å²) in [6.45, 7) is 6.63. The summed E-state index contributed by atoms with van der Waals surface area (Å²) < 4.78 is 41.5. The fourth-order valence-corrected chi connectivity index (χ4v) is 4.33. The molecule has 0 radical (unpaired) electrons. The van der Waals surface area contributed by atoms with Crippen molar-refractivity contribution in [3.05, 3.63) is 41.8 Å². The van der Waals surface area contributed by atoms with Crippen molar-refractivity contribution in [1.29, 1.82) is 0 Å². The number of pyridine rings is 1. The number of likely N-dealkylation sites (tertiary alicyclic amines) is 1. The Hall–Kier alpha value is -2.15. The minimum absolute atomic E-state index is 0.0872. The summed E-state index contributed by atoms with van der Waals surface area (Å²) in [7, 11) is 0. The maximum atomic E-state index is 13.8. The van der Waals surface area contributed by atoms with E-state index >= 15 is 0 Å². The van der Waals surface area contributed by atoms with E-state index in [0.29, 0.717) is 36.9 Å². The molecule has 7 heteroatoms. The molecule has 1 atom stereocenters. The third-order valence-electron chi connectivity index (χ3n) is 5.24. The lowest BCUT2D eigenvalue weighted by Crippen LogP contribution is -2.57. The van der Waals surface area contributed by atoms with E-state index in [0.717, 1.165) is 0 Å². The van der Waals surface area contributed by atoms with E-state index in [9.17, 15) is 18.0 Å². The molecule has 3 rings (SSSR count). The van der Waals surface area contributed by atoms with Gasteiger partial charge in [-0.2, -0.15) is 0 Å². The largest absolute Gasteiger partial charge is 0.346 e. The highest BCUT2D eigenvalue weighted by Crippen LogP contribution is 2.29. The number of nitrogens with zero attached hydrogens (tertiary/aromatic N) is 2. The Morgan fingerprint density at radius 3 is 2.83 bits per heavy atom. The van der Waals surface area contributed by atoms with Crippen LogP contribution in [0.1, 0.15) is 50.4 Å². The molecule has 1 fully saturated rings. The predicted molar refractivity (Wildman–Crippen MR) is 108 cm³/mol. The molecule has 1 aromatic heterocycles. The van der Waals surface area contributed by atoms with Gasteiger partial charge in [0.2, 0.25) is 0 Å². The van der Waals surface area contributed by atoms with Crippen LogP contribution >= 0.6 is 0 Å². The van der Waals surface area contributed by atoms with Crippen molar-refractivity contribution < 1.29 is 18.0 Å². The van der Waals surface area contributed by atoms with E-state index in [1.54, 1.807) is 23.1 Å². The van der Waals surface area contributed by atoms with Crippen LogP contribution < -0.4 is 5.32 Å². The number of piperidine rings is 1. The zero-order valence-corrected chi connectivity index (χ0v) is 17.1. The Balaban J connectivity index is 1.79. The average molecular weight is 407 g/mol. The summed E-state index contributed by atoms with van der Waals surface area (Å²) >= 11 is 0. The molecule has 1 aliphatic rings. The molecule has 1 saturated heterocycles. The highest BCUT2D eigenvalue weighted by Gasteiger charge is 2.38. The van der Waals surface area contributed by atoms with Gasteiger partial charge in [-0.1, -0.05) is 26.0 Å². The lowest BCUT2D eigenvalue weighted by molar-refractivity contribution is -0.0691. The molecule has 0 spiro atoms. The minimum Gasteiger partial charge on any atom is -0.346 e. The van der Waals surface area contributed by atoms with E-state index in [1.807, 2.05) is 20.8 Å². The van der Waals surface area contributed by atoms with Crippen LogP contribution in [0.5, 0.6) is 0 Å². The van der Waals surface area contributed by atoms with E-state index in [4.69, 9.17) is 0 Å². The van der Waals surface area contributed by atoms with E-state index in [-0.39, 0.29) is 30.3 Å². The predicted octanol–water partition coefficient (Wildman–Crippen LogP) is 4.64. The molecule has 1 amide bonds. The van der Waals surface area contributed by atoms with Gasteiger partial charge in [0.1, 0.15) is 11.3 Å². The number of benzene rings is 1. The zero-order chi connectivity index (χ0) is 21.2. The normalized spacial score (nSPS) is 19.3. The number of halogens is 3. The van der Waals surface area contributed by atoms with Crippen LogP contribution in [0.2, 0.25) is 0 Å². The van der Waals surface area contributed by atoms with Gasteiger partial charge in [0.25, 0.3) is 11.8 Å². The smallest absolute Gasteiger partial charge is 0.260 e. The van der Waals surface area contributed by atoms with Gasteiger partial charge in [0, 0.05) is 24.5 Å². The van der Waals surface area contributed by atoms with Crippen molar-refractivity contribution in [1.82, 2.24) is 15.2 Å². The van der Waals surface area contributed by atoms with E-state index in [1.165, 1.54) is 12.3 Å². The maximum Gasteiger partial charge on any atom is 0.260 e. The SMILES string of the molecule is CC(C)C[C@](C)(CN1CCCC(F)(F)C1)NC(=O)c1cnc2c(F)cccc2c1. The van der Waals surface area contributed by atoms with Crippen molar-refractivity contribution in [2.45, 2.75) is 51.5 Å². The number of carbonyl (C=O) groups is 1. The van der Waals surface area contributed by atoms with Gasteiger partial charge in [0.05, 0.1) is 17.6 Å². The number of fused-ring (bicyclic) bond motifs is 1. The Morgan fingerprint density at radius 1 is 1.38 bits per heavy atom. The first-order chi connectivity index (χ1) is 13.6. The van der Waals surface area contributed by atoms with Crippen molar-refractivity contribution in [2.24, 2.45) is 5.92 Å². The van der Waals surface area contributed by atoms with Gasteiger partial charge in [-0.3, -0.25) is 14.7 Å². The topological polar surface area (TPSA) is 45.2 Å². The third kappa shape index (κ3) is 5.47. The number of hydrogen-bond donors (Lipinski definition) is 1. The van der Waals surface area contributed by atoms with Crippen LogP contribution in [-0.2, 0) is 0 Å². The Morgan fingerprint density at radius 2 is 2.14 bits per heavy atom. The highest BCUT2D eigenvalue weighted by molar-refractivity contribution is 5.97. The Labute approximate surface area is 169 Å². The molecule has 2 aromatic rings. The number of hydrogen-bond acceptors (Lipinski definition) is 3. The molecule has 1 aromatic carbocycles. The molecule has 0 unspecified atom stereocenters. The summed E-state index contributed by atoms with van der Waals surface area (Å²) in [6, 6.07) is 6.19. The second kappa shape index (κ2) is 8.30. The standard InChI is InChI=1S/C22H28F3N3O/c1-15(2)11-21(3,13-28-9-5-8-22(24,25)14-28)27-20(29)17-10-16-6-4-7-18(23)19(16)26-12-17/h4,6-7,10,12,15H,5,8-9,11,13-14H2,1-3H3,(H,27,29)/t21-/m1/s1. The number of aromatic nitrogens is 1. The van der Waals surface area contributed by atoms with Crippen LogP contribution in [0, 0.1) is 11.7 Å². The molecule has 1 N–H and O–H groups in total. The maximum absolute atomic E-state index is 13.8. The van der Waals surface area contributed by atoms with Crippen LogP contribution in [0.25, 0.3) is 10.9 Å². The lowest BCUT2D eigenvalue weighted by atomic mass is 9.88. The molecule has 4 nitrogen and oxygen atoms in total. The molecule has 0 aliphatic carbocycles. The molecule has 2 heterocycles. The van der Waals surface area contributed by atoms with Gasteiger partial charge in [-0.25, -0.2) is 13.2 Å². The number of rotatable bonds is 6. The monoisotopic (exact) mass is 407 g/mol. The highest BCUT2D eigenvalue weighted by atomic mass is 19.3. The van der Waals surface area contributed by atoms with Gasteiger partial charge < -0.3 is 5.32 Å². The summed E-state index contributed by atoms with van der Waals surface area (Å²) in [4.78, 5) is 18.7. The molecule has 29 heavy (non-hydrogen) atoms. The second-order valence-electron chi connectivity index (χ2n) is 8.82. The number of amides is 1. The van der Waals surface area contributed by atoms with Gasteiger partial charge in [-0.05, 0) is 44.4 Å². The average Bonchev–Trinajstić information content (AvgIpc) is 2.59. The minimum atomic E-state index is -2.69. The summed E-state index contributed by atoms with van der Waals surface area (Å²) in [5.41, 5.74) is -0.137. The van der Waals surface area contributed by atoms with E-state index in [2.05, 4.69) is 10.3 Å². The van der Waals surface area contributed by atoms with Crippen LogP contribution in [0.3, 0.4) is 0 Å². The Kier molecular flexibility index (Phi) is 6.17. The number of para-hydroxylation sites is 1. The van der Waals surface area contributed by atoms with Crippen molar-refractivity contribution in [2.75, 3.05) is 19.6 Å². The zero-order valence-electron chi connectivity index (χ0n) is 17.1. The molecule has 1 aliphatic heterocycles. The second-order valence-corrected chi connectivity index (χ2v) is 8.82. The molecular weight excluding hydrogens is 379 g/mol. The third-order valence-corrected chi connectivity index (χ3v) is 5.24. The van der Waals surface area contributed by atoms with Crippen LogP contribution in [-0.4, -0.2) is 46.9 Å². The number of nitrogens with one attached hydrogen (secondary N) is 1. The van der Waals surface area contributed by atoms with Gasteiger partial charge in [0.15, 0.2) is 0 Å². The first-order valence-corrected chi connectivity index (χ1v) is 10.0. The van der Waals surface area contributed by atoms with E-state index < -0.39 is 17.3 Å². The molecule has 158 valence electrons. The van der Waals surface area contributed by atoms with Crippen molar-refractivity contribution in [3.8, 4) is 0 Å². The van der Waals surface area contributed by atoms with Gasteiger partial charge in [-0.15, -0.1) is 0 Å². The number of alkyl halides is 2. The van der Waals surface area contributed by atoms with Crippen molar-refractivity contribution >= 4 is 16.8 Å². The lowest BCUT2D eigenvalue weighted by Gasteiger charge is -2.40. The van der Waals surface area contributed by atoms with Crippen LogP contribution in [0.15, 0.2) is 30.5 Å². The summed E-state index contributed by atoms with van der Waals surface area (Å²) in [5.74, 6) is -3.19. The Bertz CT molecular complexity index is 887. The first-order valence-electron chi connectivity index (χ1n) is 10.0. The molecule has 0 saturated carbocycles. The van der Waals surface area contributed by atoms with Gasteiger partial charge >= 0.3 is 0 Å². The molecular formula is C22H28F3N3O. The van der Waals surface area contributed by atoms with Crippen molar-refractivity contribution in [3.63, 3.8) is 0 Å².